The number of nitrogens with zero attached hydrogens (tertiary/aromatic N) is 1. The van der Waals surface area contributed by atoms with Crippen LogP contribution in [0.15, 0.2) is 0 Å². The Hall–Kier alpha value is -0.730. The molecule has 1 fully saturated rings. The molecule has 1 rings (SSSR count). The van der Waals surface area contributed by atoms with E-state index in [0.29, 0.717) is 12.5 Å². The number of carbonyl (C=O) groups excluding carboxylic acids is 1. The van der Waals surface area contributed by atoms with Crippen LogP contribution in [0.3, 0.4) is 0 Å². The minimum Gasteiger partial charge on any atom is -0.449 e. The summed E-state index contributed by atoms with van der Waals surface area (Å²) in [6.45, 7) is 8.83. The van der Waals surface area contributed by atoms with E-state index in [-0.39, 0.29) is 6.09 Å². The van der Waals surface area contributed by atoms with Gasteiger partial charge in [-0.05, 0) is 24.7 Å². The van der Waals surface area contributed by atoms with Gasteiger partial charge in [0.05, 0.1) is 6.61 Å². The van der Waals surface area contributed by atoms with Gasteiger partial charge < -0.3 is 9.64 Å². The van der Waals surface area contributed by atoms with Gasteiger partial charge in [-0.15, -0.1) is 0 Å². The summed E-state index contributed by atoms with van der Waals surface area (Å²) in [4.78, 5) is 13.5. The number of rotatable bonds is 3. The summed E-state index contributed by atoms with van der Waals surface area (Å²) >= 11 is 0. The minimum absolute atomic E-state index is 0.123. The smallest absolute Gasteiger partial charge is 0.409 e. The van der Waals surface area contributed by atoms with Crippen molar-refractivity contribution < 1.29 is 9.53 Å². The van der Waals surface area contributed by atoms with E-state index in [1.54, 1.807) is 0 Å². The van der Waals surface area contributed by atoms with Gasteiger partial charge in [-0.2, -0.15) is 0 Å². The van der Waals surface area contributed by atoms with Gasteiger partial charge in [-0.25, -0.2) is 4.79 Å². The highest BCUT2D eigenvalue weighted by Gasteiger charge is 2.26. The molecule has 88 valence electrons. The van der Waals surface area contributed by atoms with Gasteiger partial charge >= 0.3 is 6.09 Å². The number of piperidine rings is 1. The molecule has 15 heavy (non-hydrogen) atoms. The Bertz CT molecular complexity index is 206. The Balaban J connectivity index is 2.28. The lowest BCUT2D eigenvalue weighted by Gasteiger charge is -2.34. The molecular formula is C12H23NO2. The number of carbonyl (C=O) groups is 1. The molecular weight excluding hydrogens is 190 g/mol. The number of likely N-dealkylation sites (tertiary alicyclic amines) is 1. The molecule has 0 aliphatic carbocycles. The van der Waals surface area contributed by atoms with Crippen LogP contribution in [0.1, 0.15) is 40.0 Å². The predicted octanol–water partition coefficient (Wildman–Crippen LogP) is 2.90. The van der Waals surface area contributed by atoms with Crippen molar-refractivity contribution in [3.63, 3.8) is 0 Å². The lowest BCUT2D eigenvalue weighted by molar-refractivity contribution is 0.0742. The first-order valence-electron chi connectivity index (χ1n) is 6.06. The Morgan fingerprint density at radius 1 is 1.40 bits per heavy atom. The number of hydrogen-bond donors (Lipinski definition) is 0. The summed E-state index contributed by atoms with van der Waals surface area (Å²) in [6, 6.07) is 0. The molecule has 0 aromatic rings. The first-order valence-corrected chi connectivity index (χ1v) is 6.06. The van der Waals surface area contributed by atoms with Crippen LogP contribution in [0.4, 0.5) is 4.79 Å². The maximum atomic E-state index is 11.6. The number of hydrogen-bond acceptors (Lipinski definition) is 2. The SMILES string of the molecule is CCCCOC(=O)N1CC[C@@H](C)[C@@H](C)C1. The Labute approximate surface area is 92.8 Å². The Kier molecular flexibility index (Phi) is 4.92. The van der Waals surface area contributed by atoms with E-state index in [1.165, 1.54) is 0 Å². The van der Waals surface area contributed by atoms with E-state index in [9.17, 15) is 4.79 Å². The van der Waals surface area contributed by atoms with Crippen LogP contribution >= 0.6 is 0 Å². The van der Waals surface area contributed by atoms with Crippen molar-refractivity contribution in [1.29, 1.82) is 0 Å². The van der Waals surface area contributed by atoms with E-state index < -0.39 is 0 Å². The molecule has 0 unspecified atom stereocenters. The summed E-state index contributed by atoms with van der Waals surface area (Å²) in [6.07, 6.45) is 3.01. The molecule has 1 amide bonds. The summed E-state index contributed by atoms with van der Waals surface area (Å²) in [5, 5.41) is 0. The molecule has 1 aliphatic rings. The van der Waals surface area contributed by atoms with Crippen LogP contribution in [0.5, 0.6) is 0 Å². The molecule has 1 saturated heterocycles. The molecule has 3 nitrogen and oxygen atoms in total. The second kappa shape index (κ2) is 5.99. The molecule has 1 heterocycles. The van der Waals surface area contributed by atoms with E-state index in [0.717, 1.165) is 38.3 Å². The van der Waals surface area contributed by atoms with Crippen LogP contribution < -0.4 is 0 Å². The zero-order valence-electron chi connectivity index (χ0n) is 10.2. The molecule has 0 aromatic heterocycles. The summed E-state index contributed by atoms with van der Waals surface area (Å²) < 4.78 is 5.19. The monoisotopic (exact) mass is 213 g/mol. The number of amides is 1. The molecule has 0 aromatic carbocycles. The van der Waals surface area contributed by atoms with E-state index >= 15 is 0 Å². The third-order valence-corrected chi connectivity index (χ3v) is 3.32. The van der Waals surface area contributed by atoms with Crippen molar-refractivity contribution in [2.45, 2.75) is 40.0 Å². The second-order valence-corrected chi connectivity index (χ2v) is 4.66. The van der Waals surface area contributed by atoms with Crippen molar-refractivity contribution in [2.24, 2.45) is 11.8 Å². The average molecular weight is 213 g/mol. The first-order chi connectivity index (χ1) is 7.15. The second-order valence-electron chi connectivity index (χ2n) is 4.66. The van der Waals surface area contributed by atoms with Gasteiger partial charge in [0.2, 0.25) is 0 Å². The highest BCUT2D eigenvalue weighted by Crippen LogP contribution is 2.22. The molecule has 3 heteroatoms. The zero-order chi connectivity index (χ0) is 11.3. The summed E-state index contributed by atoms with van der Waals surface area (Å²) in [5.74, 6) is 1.32. The average Bonchev–Trinajstić information content (AvgIpc) is 2.22. The molecule has 0 bridgehead atoms. The number of ether oxygens (including phenoxy) is 1. The first kappa shape index (κ1) is 12.3. The highest BCUT2D eigenvalue weighted by atomic mass is 16.6. The summed E-state index contributed by atoms with van der Waals surface area (Å²) in [7, 11) is 0. The zero-order valence-corrected chi connectivity index (χ0v) is 10.2. The summed E-state index contributed by atoms with van der Waals surface area (Å²) in [5.41, 5.74) is 0. The van der Waals surface area contributed by atoms with Crippen LogP contribution in [0.2, 0.25) is 0 Å². The fourth-order valence-electron chi connectivity index (χ4n) is 1.82. The van der Waals surface area contributed by atoms with E-state index in [1.807, 2.05) is 4.90 Å². The molecule has 0 radical (unpaired) electrons. The van der Waals surface area contributed by atoms with Crippen LogP contribution in [0, 0.1) is 11.8 Å². The van der Waals surface area contributed by atoms with Crippen molar-refractivity contribution in [3.05, 3.63) is 0 Å². The fraction of sp³-hybridized carbons (Fsp3) is 0.917. The van der Waals surface area contributed by atoms with Gasteiger partial charge in [0.1, 0.15) is 0 Å². The van der Waals surface area contributed by atoms with Gasteiger partial charge in [0, 0.05) is 13.1 Å². The molecule has 1 aliphatic heterocycles. The van der Waals surface area contributed by atoms with Crippen molar-refractivity contribution in [3.8, 4) is 0 Å². The van der Waals surface area contributed by atoms with Crippen molar-refractivity contribution in [2.75, 3.05) is 19.7 Å². The van der Waals surface area contributed by atoms with E-state index in [4.69, 9.17) is 4.74 Å². The lowest BCUT2D eigenvalue weighted by atomic mass is 9.89. The van der Waals surface area contributed by atoms with Gasteiger partial charge in [0.25, 0.3) is 0 Å². The topological polar surface area (TPSA) is 29.5 Å². The Morgan fingerprint density at radius 3 is 2.73 bits per heavy atom. The van der Waals surface area contributed by atoms with Crippen LogP contribution in [-0.4, -0.2) is 30.7 Å². The Morgan fingerprint density at radius 2 is 2.13 bits per heavy atom. The van der Waals surface area contributed by atoms with Gasteiger partial charge in [-0.3, -0.25) is 0 Å². The molecule has 0 spiro atoms. The molecule has 0 saturated carbocycles. The van der Waals surface area contributed by atoms with Gasteiger partial charge in [-0.1, -0.05) is 27.2 Å². The lowest BCUT2D eigenvalue weighted by Crippen LogP contribution is -2.42. The minimum atomic E-state index is -0.123. The number of unbranched alkanes of at least 4 members (excludes halogenated alkanes) is 1. The van der Waals surface area contributed by atoms with Gasteiger partial charge in [0.15, 0.2) is 0 Å². The maximum absolute atomic E-state index is 11.6. The fourth-order valence-corrected chi connectivity index (χ4v) is 1.82. The predicted molar refractivity (Wildman–Crippen MR) is 60.8 cm³/mol. The van der Waals surface area contributed by atoms with Crippen molar-refractivity contribution >= 4 is 6.09 Å². The molecule has 0 N–H and O–H groups in total. The van der Waals surface area contributed by atoms with Crippen LogP contribution in [0.25, 0.3) is 0 Å². The van der Waals surface area contributed by atoms with E-state index in [2.05, 4.69) is 20.8 Å². The maximum Gasteiger partial charge on any atom is 0.409 e. The standard InChI is InChI=1S/C12H23NO2/c1-4-5-8-15-12(14)13-7-6-10(2)11(3)9-13/h10-11H,4-9H2,1-3H3/t10-,11+/m1/s1. The quantitative estimate of drug-likeness (QED) is 0.675. The molecule has 2 atom stereocenters. The largest absolute Gasteiger partial charge is 0.449 e. The third-order valence-electron chi connectivity index (χ3n) is 3.32. The van der Waals surface area contributed by atoms with Crippen molar-refractivity contribution in [1.82, 2.24) is 4.90 Å². The highest BCUT2D eigenvalue weighted by molar-refractivity contribution is 5.67. The van der Waals surface area contributed by atoms with Crippen LogP contribution in [-0.2, 0) is 4.74 Å². The normalized spacial score (nSPS) is 26.5. The third kappa shape index (κ3) is 3.73.